The molecule has 0 aliphatic rings. The highest BCUT2D eigenvalue weighted by Crippen LogP contribution is 2.13. The largest absolute Gasteiger partial charge is 0.316 e. The number of unbranched alkanes of at least 4 members (excludes halogenated alkanes) is 9. The average molecular weight is 353 g/mol. The minimum Gasteiger partial charge on any atom is -0.266 e. The molecule has 0 saturated heterocycles. The summed E-state index contributed by atoms with van der Waals surface area (Å²) in [5.41, 5.74) is 0. The Hall–Kier alpha value is -0.104. The van der Waals surface area contributed by atoms with Crippen LogP contribution in [-0.4, -0.2) is 38.1 Å². The van der Waals surface area contributed by atoms with Gasteiger partial charge in [0.2, 0.25) is 0 Å². The molecule has 0 N–H and O–H groups in total. The summed E-state index contributed by atoms with van der Waals surface area (Å²) in [4.78, 5) is 0.238. The first-order chi connectivity index (χ1) is 10.7. The fourth-order valence-corrected chi connectivity index (χ4v) is 3.38. The quantitative estimate of drug-likeness (QED) is 0.300. The molecule has 1 aromatic rings. The van der Waals surface area contributed by atoms with Gasteiger partial charge in [-0.05, 0) is 18.6 Å². The van der Waals surface area contributed by atoms with Crippen molar-refractivity contribution in [2.45, 2.75) is 76.0 Å². The fraction of sp³-hybridized carbons (Fsp3) is 0.667. The first kappa shape index (κ1) is 22.9. The number of hydrogen-bond donors (Lipinski definition) is 0. The minimum atomic E-state index is -3.57. The lowest BCUT2D eigenvalue weighted by Crippen LogP contribution is -2.07. The molecule has 0 atom stereocenters. The highest BCUT2D eigenvalue weighted by atomic mass is 32.2. The maximum atomic E-state index is 11.9. The second-order valence-electron chi connectivity index (χ2n) is 5.77. The molecule has 0 fully saturated rings. The van der Waals surface area contributed by atoms with Crippen molar-refractivity contribution in [2.24, 2.45) is 0 Å². The molecule has 5 heteroatoms. The van der Waals surface area contributed by atoms with Gasteiger partial charge in [-0.25, -0.2) is 0 Å². The summed E-state index contributed by atoms with van der Waals surface area (Å²) in [5.74, 6) is 0. The van der Waals surface area contributed by atoms with Gasteiger partial charge in [-0.3, -0.25) is 4.18 Å². The molecule has 23 heavy (non-hydrogen) atoms. The smallest absolute Gasteiger partial charge is 0.266 e. The average Bonchev–Trinajstić information content (AvgIpc) is 2.53. The van der Waals surface area contributed by atoms with E-state index in [0.717, 1.165) is 12.8 Å². The van der Waals surface area contributed by atoms with E-state index in [1.807, 2.05) is 0 Å². The van der Waals surface area contributed by atoms with E-state index in [-0.39, 0.29) is 34.6 Å². The van der Waals surface area contributed by atoms with Crippen molar-refractivity contribution in [1.82, 2.24) is 0 Å². The second kappa shape index (κ2) is 14.3. The van der Waals surface area contributed by atoms with Gasteiger partial charge in [-0.2, -0.15) is 8.42 Å². The SMILES string of the molecule is CCCCCCCCCCCCOS(=O)(=O)c1ccccc1.[MgH2]. The van der Waals surface area contributed by atoms with Crippen LogP contribution in [0.25, 0.3) is 0 Å². The van der Waals surface area contributed by atoms with Crippen LogP contribution < -0.4 is 0 Å². The minimum absolute atomic E-state index is 0. The zero-order valence-electron chi connectivity index (χ0n) is 13.8. The van der Waals surface area contributed by atoms with Crippen LogP contribution in [0.3, 0.4) is 0 Å². The lowest BCUT2D eigenvalue weighted by Gasteiger charge is -2.05. The molecule has 0 aliphatic carbocycles. The van der Waals surface area contributed by atoms with Crippen LogP contribution in [0, 0.1) is 0 Å². The predicted molar refractivity (Wildman–Crippen MR) is 100.0 cm³/mol. The Labute approximate surface area is 158 Å². The molecule has 0 spiro atoms. The monoisotopic (exact) mass is 352 g/mol. The van der Waals surface area contributed by atoms with E-state index in [4.69, 9.17) is 4.18 Å². The molecule has 0 saturated carbocycles. The second-order valence-corrected chi connectivity index (χ2v) is 7.39. The van der Waals surface area contributed by atoms with Gasteiger partial charge in [0.25, 0.3) is 10.1 Å². The van der Waals surface area contributed by atoms with Crippen molar-refractivity contribution in [3.8, 4) is 0 Å². The van der Waals surface area contributed by atoms with Crippen LogP contribution in [-0.2, 0) is 14.3 Å². The molecule has 0 aromatic heterocycles. The molecular formula is C18H32MgO3S. The van der Waals surface area contributed by atoms with Crippen LogP contribution in [0.2, 0.25) is 0 Å². The highest BCUT2D eigenvalue weighted by Gasteiger charge is 2.13. The van der Waals surface area contributed by atoms with Crippen molar-refractivity contribution in [3.05, 3.63) is 30.3 Å². The molecule has 1 aromatic carbocycles. The topological polar surface area (TPSA) is 43.4 Å². The number of hydrogen-bond acceptors (Lipinski definition) is 3. The third kappa shape index (κ3) is 11.1. The van der Waals surface area contributed by atoms with E-state index in [9.17, 15) is 8.42 Å². The molecule has 0 radical (unpaired) electrons. The number of benzene rings is 1. The lowest BCUT2D eigenvalue weighted by atomic mass is 10.1. The van der Waals surface area contributed by atoms with E-state index in [1.165, 1.54) is 51.4 Å². The third-order valence-corrected chi connectivity index (χ3v) is 5.09. The van der Waals surface area contributed by atoms with Crippen LogP contribution in [0.4, 0.5) is 0 Å². The van der Waals surface area contributed by atoms with Crippen molar-refractivity contribution in [1.29, 1.82) is 0 Å². The molecule has 0 unspecified atom stereocenters. The van der Waals surface area contributed by atoms with Crippen molar-refractivity contribution in [2.75, 3.05) is 6.61 Å². The molecule has 0 aliphatic heterocycles. The van der Waals surface area contributed by atoms with Crippen molar-refractivity contribution < 1.29 is 12.6 Å². The van der Waals surface area contributed by atoms with Gasteiger partial charge in [-0.1, -0.05) is 82.9 Å². The Balaban J connectivity index is 0.00000484. The van der Waals surface area contributed by atoms with Gasteiger partial charge >= 0.3 is 23.1 Å². The molecule has 0 heterocycles. The Bertz CT molecular complexity index is 474. The van der Waals surface area contributed by atoms with Gasteiger partial charge in [0.05, 0.1) is 11.5 Å². The molecular weight excluding hydrogens is 321 g/mol. The van der Waals surface area contributed by atoms with Gasteiger partial charge in [0.15, 0.2) is 0 Å². The maximum Gasteiger partial charge on any atom is 0.316 e. The van der Waals surface area contributed by atoms with Crippen molar-refractivity contribution in [3.63, 3.8) is 0 Å². The highest BCUT2D eigenvalue weighted by molar-refractivity contribution is 7.86. The van der Waals surface area contributed by atoms with Crippen molar-refractivity contribution >= 4 is 33.2 Å². The molecule has 0 bridgehead atoms. The molecule has 0 amide bonds. The first-order valence-corrected chi connectivity index (χ1v) is 10.0. The maximum absolute atomic E-state index is 11.9. The number of rotatable bonds is 13. The summed E-state index contributed by atoms with van der Waals surface area (Å²) in [5, 5.41) is 0. The molecule has 130 valence electrons. The van der Waals surface area contributed by atoms with Crippen LogP contribution in [0.1, 0.15) is 71.1 Å². The van der Waals surface area contributed by atoms with Crippen LogP contribution in [0.5, 0.6) is 0 Å². The van der Waals surface area contributed by atoms with Gasteiger partial charge < -0.3 is 0 Å². The first-order valence-electron chi connectivity index (χ1n) is 8.61. The molecule has 1 rings (SSSR count). The van der Waals surface area contributed by atoms with Crippen LogP contribution >= 0.6 is 0 Å². The van der Waals surface area contributed by atoms with Gasteiger partial charge in [0.1, 0.15) is 0 Å². The zero-order chi connectivity index (χ0) is 16.1. The summed E-state index contributed by atoms with van der Waals surface area (Å²) < 4.78 is 28.8. The third-order valence-electron chi connectivity index (χ3n) is 3.77. The van der Waals surface area contributed by atoms with E-state index in [0.29, 0.717) is 0 Å². The summed E-state index contributed by atoms with van der Waals surface area (Å²) in [6, 6.07) is 8.33. The zero-order valence-corrected chi connectivity index (χ0v) is 14.6. The Morgan fingerprint density at radius 3 is 1.78 bits per heavy atom. The van der Waals surface area contributed by atoms with E-state index < -0.39 is 10.1 Å². The summed E-state index contributed by atoms with van der Waals surface area (Å²) in [7, 11) is -3.57. The van der Waals surface area contributed by atoms with Gasteiger partial charge in [-0.15, -0.1) is 0 Å². The summed E-state index contributed by atoms with van der Waals surface area (Å²) in [6.45, 7) is 2.52. The summed E-state index contributed by atoms with van der Waals surface area (Å²) in [6.07, 6.45) is 12.3. The van der Waals surface area contributed by atoms with Crippen LogP contribution in [0.15, 0.2) is 35.2 Å². The van der Waals surface area contributed by atoms with E-state index in [2.05, 4.69) is 6.92 Å². The van der Waals surface area contributed by atoms with Gasteiger partial charge in [0, 0.05) is 0 Å². The Morgan fingerprint density at radius 1 is 0.783 bits per heavy atom. The van der Waals surface area contributed by atoms with E-state index >= 15 is 0 Å². The van der Waals surface area contributed by atoms with E-state index in [1.54, 1.807) is 30.3 Å². The normalized spacial score (nSPS) is 11.2. The Morgan fingerprint density at radius 2 is 1.26 bits per heavy atom. The lowest BCUT2D eigenvalue weighted by molar-refractivity contribution is 0.306. The standard InChI is InChI=1S/C18H30O3S.Mg.2H/c1-2-3-4-5-6-7-8-9-10-14-17-21-22(19,20)18-15-12-11-13-16-18;;;/h11-13,15-16H,2-10,14,17H2,1H3;;;. The predicted octanol–water partition coefficient (Wildman–Crippen LogP) is 4.40. The Kier molecular flexibility index (Phi) is 14.2. The fourth-order valence-electron chi connectivity index (χ4n) is 2.41. The summed E-state index contributed by atoms with van der Waals surface area (Å²) >= 11 is 0. The molecule has 3 nitrogen and oxygen atoms in total.